The molecule has 350 valence electrons. The highest BCUT2D eigenvalue weighted by Gasteiger charge is 2.40. The molecule has 2 aliphatic heterocycles. The number of rotatable bonds is 29. The molecule has 64 heavy (non-hydrogen) atoms. The predicted molar refractivity (Wildman–Crippen MR) is 265 cm³/mol. The summed E-state index contributed by atoms with van der Waals surface area (Å²) in [5.74, 6) is 9.44. The topological polar surface area (TPSA) is 55.4 Å². The lowest BCUT2D eigenvalue weighted by atomic mass is 9.71. The van der Waals surface area contributed by atoms with Gasteiger partial charge in [0.2, 0.25) is 0 Å². The zero-order chi connectivity index (χ0) is 45.3. The molecule has 6 nitrogen and oxygen atoms in total. The first kappa shape index (κ1) is 49.1. The highest BCUT2D eigenvalue weighted by Crippen LogP contribution is 2.58. The number of benzene rings is 4. The van der Waals surface area contributed by atoms with E-state index in [0.717, 1.165) is 118 Å². The van der Waals surface area contributed by atoms with Gasteiger partial charge in [0.05, 0.1) is 26.4 Å². The maximum absolute atomic E-state index is 6.88. The van der Waals surface area contributed by atoms with E-state index >= 15 is 0 Å². The Labute approximate surface area is 388 Å². The molecule has 0 saturated carbocycles. The van der Waals surface area contributed by atoms with Crippen molar-refractivity contribution in [1.29, 1.82) is 0 Å². The van der Waals surface area contributed by atoms with Crippen molar-refractivity contribution in [2.45, 2.75) is 170 Å². The quantitative estimate of drug-likeness (QED) is 0.0507. The van der Waals surface area contributed by atoms with Gasteiger partial charge in [0.1, 0.15) is 46.0 Å². The second kappa shape index (κ2) is 25.4. The van der Waals surface area contributed by atoms with Gasteiger partial charge in [0, 0.05) is 58.4 Å². The molecule has 0 aliphatic carbocycles. The van der Waals surface area contributed by atoms with E-state index in [4.69, 9.17) is 28.4 Å². The van der Waals surface area contributed by atoms with Crippen molar-refractivity contribution < 1.29 is 28.4 Å². The van der Waals surface area contributed by atoms with Gasteiger partial charge in [-0.15, -0.1) is 0 Å². The first-order valence-corrected chi connectivity index (χ1v) is 25.5. The lowest BCUT2D eigenvalue weighted by Crippen LogP contribution is -2.22. The van der Waals surface area contributed by atoms with Gasteiger partial charge in [-0.2, -0.15) is 0 Å². The zero-order valence-electron chi connectivity index (χ0n) is 41.0. The molecule has 4 aromatic rings. The molecule has 0 bridgehead atoms. The van der Waals surface area contributed by atoms with Crippen LogP contribution in [0.15, 0.2) is 72.8 Å². The Bertz CT molecular complexity index is 1710. The van der Waals surface area contributed by atoms with Crippen molar-refractivity contribution in [2.75, 3.05) is 26.4 Å². The van der Waals surface area contributed by atoms with Crippen molar-refractivity contribution in [2.24, 2.45) is 23.7 Å². The molecule has 0 amide bonds. The van der Waals surface area contributed by atoms with Crippen LogP contribution in [0.3, 0.4) is 0 Å². The Kier molecular flexibility index (Phi) is 19.5. The SMILES string of the molecule is CC(C)CCCCCOc1ccc2c(c1)Oc1cc(OCCCCCC(C)C)ccc1C2C1c2ccc(OCCCCCC(C)C)cc2Oc2cc(OCCCCCC(C)C)ccc21. The van der Waals surface area contributed by atoms with Gasteiger partial charge >= 0.3 is 0 Å². The van der Waals surface area contributed by atoms with E-state index in [9.17, 15) is 0 Å². The van der Waals surface area contributed by atoms with E-state index < -0.39 is 0 Å². The third-order valence-corrected chi connectivity index (χ3v) is 12.8. The van der Waals surface area contributed by atoms with Gasteiger partial charge in [0.25, 0.3) is 0 Å². The van der Waals surface area contributed by atoms with Crippen LogP contribution in [-0.2, 0) is 0 Å². The largest absolute Gasteiger partial charge is 0.493 e. The molecule has 6 heteroatoms. The average molecular weight is 875 g/mol. The highest BCUT2D eigenvalue weighted by molar-refractivity contribution is 5.65. The molecule has 0 spiro atoms. The van der Waals surface area contributed by atoms with Gasteiger partial charge < -0.3 is 28.4 Å². The van der Waals surface area contributed by atoms with E-state index in [1.807, 2.05) is 0 Å². The van der Waals surface area contributed by atoms with Crippen LogP contribution in [0.4, 0.5) is 0 Å². The fraction of sp³-hybridized carbons (Fsp3) is 0.586. The lowest BCUT2D eigenvalue weighted by molar-refractivity contribution is 0.297. The molecular formula is C58H82O6. The Morgan fingerprint density at radius 1 is 0.328 bits per heavy atom. The smallest absolute Gasteiger partial charge is 0.134 e. The maximum atomic E-state index is 6.88. The van der Waals surface area contributed by atoms with E-state index in [1.165, 1.54) is 77.0 Å². The van der Waals surface area contributed by atoms with Gasteiger partial charge in [-0.1, -0.05) is 157 Å². The molecule has 0 aromatic heterocycles. The third kappa shape index (κ3) is 14.9. The van der Waals surface area contributed by atoms with E-state index in [0.29, 0.717) is 26.4 Å². The van der Waals surface area contributed by atoms with Crippen molar-refractivity contribution >= 4 is 0 Å². The molecule has 0 atom stereocenters. The van der Waals surface area contributed by atoms with Crippen molar-refractivity contribution in [3.05, 3.63) is 95.1 Å². The van der Waals surface area contributed by atoms with Gasteiger partial charge in [-0.05, 0) is 73.6 Å². The van der Waals surface area contributed by atoms with Crippen LogP contribution in [-0.4, -0.2) is 26.4 Å². The van der Waals surface area contributed by atoms with Crippen LogP contribution in [0.2, 0.25) is 0 Å². The van der Waals surface area contributed by atoms with E-state index in [1.54, 1.807) is 0 Å². The summed E-state index contributed by atoms with van der Waals surface area (Å²) in [5.41, 5.74) is 4.51. The standard InChI is InChI=1S/C58H82O6/c1-41(2)21-13-9-17-33-59-45-25-29-49-53(37-45)63-54-38-46(60-34-18-10-14-22-42(3)4)26-30-50(54)57(49)58-51-31-27-47(61-35-19-11-15-23-43(5)6)39-55(51)64-56-40-48(28-32-52(56)58)62-36-20-12-16-24-44(7)8/h25-32,37-44,57-58H,9-24,33-36H2,1-8H3. The molecular weight excluding hydrogens is 793 g/mol. The van der Waals surface area contributed by atoms with E-state index in [-0.39, 0.29) is 11.8 Å². The van der Waals surface area contributed by atoms with Gasteiger partial charge in [0.15, 0.2) is 0 Å². The minimum absolute atomic E-state index is 0.0734. The van der Waals surface area contributed by atoms with Crippen LogP contribution >= 0.6 is 0 Å². The van der Waals surface area contributed by atoms with Gasteiger partial charge in [-0.25, -0.2) is 0 Å². The number of hydrogen-bond donors (Lipinski definition) is 0. The fourth-order valence-electron chi connectivity index (χ4n) is 9.18. The summed E-state index contributed by atoms with van der Waals surface area (Å²) in [5, 5.41) is 0. The van der Waals surface area contributed by atoms with Gasteiger partial charge in [-0.3, -0.25) is 0 Å². The average Bonchev–Trinajstić information content (AvgIpc) is 3.26. The molecule has 4 aromatic carbocycles. The summed E-state index contributed by atoms with van der Waals surface area (Å²) in [7, 11) is 0. The molecule has 0 fully saturated rings. The Morgan fingerprint density at radius 3 is 0.781 bits per heavy atom. The van der Waals surface area contributed by atoms with Crippen molar-refractivity contribution in [3.8, 4) is 46.0 Å². The summed E-state index contributed by atoms with van der Waals surface area (Å²) in [6.45, 7) is 21.1. The monoisotopic (exact) mass is 875 g/mol. The molecule has 6 rings (SSSR count). The lowest BCUT2D eigenvalue weighted by Gasteiger charge is -2.38. The van der Waals surface area contributed by atoms with Crippen molar-refractivity contribution in [1.82, 2.24) is 0 Å². The summed E-state index contributed by atoms with van der Waals surface area (Å²) in [4.78, 5) is 0. The second-order valence-electron chi connectivity index (χ2n) is 20.3. The maximum Gasteiger partial charge on any atom is 0.134 e. The highest BCUT2D eigenvalue weighted by atomic mass is 16.5. The molecule has 0 unspecified atom stereocenters. The third-order valence-electron chi connectivity index (χ3n) is 12.8. The fourth-order valence-corrected chi connectivity index (χ4v) is 9.18. The minimum Gasteiger partial charge on any atom is -0.493 e. The van der Waals surface area contributed by atoms with Crippen LogP contribution in [0.5, 0.6) is 46.0 Å². The van der Waals surface area contributed by atoms with Crippen LogP contribution in [0, 0.1) is 23.7 Å². The molecule has 2 heterocycles. The Hall–Kier alpha value is -4.32. The number of ether oxygens (including phenoxy) is 6. The normalized spacial score (nSPS) is 13.4. The number of fused-ring (bicyclic) bond motifs is 4. The second-order valence-corrected chi connectivity index (χ2v) is 20.3. The van der Waals surface area contributed by atoms with Crippen LogP contribution < -0.4 is 28.4 Å². The zero-order valence-corrected chi connectivity index (χ0v) is 41.0. The van der Waals surface area contributed by atoms with Crippen LogP contribution in [0.25, 0.3) is 0 Å². The van der Waals surface area contributed by atoms with Crippen LogP contribution in [0.1, 0.15) is 192 Å². The Morgan fingerprint density at radius 2 is 0.562 bits per heavy atom. The molecule has 0 N–H and O–H groups in total. The number of hydrogen-bond acceptors (Lipinski definition) is 6. The number of unbranched alkanes of at least 4 members (excludes halogenated alkanes) is 8. The molecule has 2 aliphatic rings. The first-order valence-electron chi connectivity index (χ1n) is 25.5. The minimum atomic E-state index is -0.0734. The van der Waals surface area contributed by atoms with E-state index in [2.05, 4.69) is 128 Å². The predicted octanol–water partition coefficient (Wildman–Crippen LogP) is 17.2. The summed E-state index contributed by atoms with van der Waals surface area (Å²) >= 11 is 0. The summed E-state index contributed by atoms with van der Waals surface area (Å²) in [6.07, 6.45) is 18.8. The Balaban J connectivity index is 1.31. The van der Waals surface area contributed by atoms with Crippen molar-refractivity contribution in [3.63, 3.8) is 0 Å². The first-order chi connectivity index (χ1) is 31.0. The molecule has 0 radical (unpaired) electrons. The molecule has 0 saturated heterocycles. The summed E-state index contributed by atoms with van der Waals surface area (Å²) in [6, 6.07) is 25.8. The summed E-state index contributed by atoms with van der Waals surface area (Å²) < 4.78 is 39.3.